The Hall–Kier alpha value is -1.68. The van der Waals surface area contributed by atoms with Crippen molar-refractivity contribution < 1.29 is 63.9 Å². The molecule has 0 radical (unpaired) electrons. The number of carbonyl (C=O) groups is 2. The maximum atomic E-state index is 14.2. The Kier molecular flexibility index (Phi) is 10.4. The molecule has 6 N–H and O–H groups in total. The van der Waals surface area contributed by atoms with Crippen molar-refractivity contribution in [1.29, 1.82) is 0 Å². The van der Waals surface area contributed by atoms with Crippen LogP contribution in [0.3, 0.4) is 0 Å². The molecule has 0 spiro atoms. The summed E-state index contributed by atoms with van der Waals surface area (Å²) < 4.78 is 29.1. The second-order valence-electron chi connectivity index (χ2n) is 18.4. The highest BCUT2D eigenvalue weighted by molar-refractivity contribution is 5.80. The van der Waals surface area contributed by atoms with E-state index in [-0.39, 0.29) is 23.2 Å². The number of fused-ring (bicyclic) bond motifs is 7. The summed E-state index contributed by atoms with van der Waals surface area (Å²) in [5.41, 5.74) is -3.06. The predicted molar refractivity (Wildman–Crippen MR) is 185 cm³/mol. The molecule has 5 fully saturated rings. The van der Waals surface area contributed by atoms with E-state index in [0.717, 1.165) is 12.8 Å². The van der Waals surface area contributed by atoms with Crippen molar-refractivity contribution in [2.45, 2.75) is 135 Å². The Morgan fingerprint density at radius 2 is 1.52 bits per heavy atom. The van der Waals surface area contributed by atoms with Crippen LogP contribution in [0.5, 0.6) is 0 Å². The van der Waals surface area contributed by atoms with Crippen molar-refractivity contribution in [3.05, 3.63) is 11.6 Å². The lowest BCUT2D eigenvalue weighted by molar-refractivity contribution is -0.345. The maximum absolute atomic E-state index is 14.2. The number of hydrogen-bond acceptors (Lipinski definition) is 13. The molecule has 0 aromatic carbocycles. The summed E-state index contributed by atoms with van der Waals surface area (Å²) in [6.07, 6.45) is -3.80. The highest BCUT2D eigenvalue weighted by Gasteiger charge is 2.75. The van der Waals surface area contributed by atoms with Crippen LogP contribution in [0.2, 0.25) is 0 Å². The fraction of sp³-hybridized carbons (Fsp3) is 0.897. The molecule has 0 aromatic rings. The van der Waals surface area contributed by atoms with E-state index >= 15 is 0 Å². The van der Waals surface area contributed by atoms with Crippen LogP contribution in [-0.4, -0.2) is 126 Å². The molecule has 13 heteroatoms. The molecule has 5 aliphatic carbocycles. The summed E-state index contributed by atoms with van der Waals surface area (Å²) >= 11 is 0. The molecule has 0 unspecified atom stereocenters. The van der Waals surface area contributed by atoms with Crippen LogP contribution in [0, 0.1) is 50.2 Å². The number of aliphatic hydroxyl groups is 6. The van der Waals surface area contributed by atoms with Crippen molar-refractivity contribution in [3.8, 4) is 0 Å². The van der Waals surface area contributed by atoms with Gasteiger partial charge in [-0.25, -0.2) is 0 Å². The molecule has 52 heavy (non-hydrogen) atoms. The van der Waals surface area contributed by atoms with Crippen LogP contribution in [0.4, 0.5) is 0 Å². The van der Waals surface area contributed by atoms with Gasteiger partial charge in [0.1, 0.15) is 41.3 Å². The fourth-order valence-electron chi connectivity index (χ4n) is 12.9. The zero-order chi connectivity index (χ0) is 38.4. The first-order valence-corrected chi connectivity index (χ1v) is 19.0. The van der Waals surface area contributed by atoms with Crippen LogP contribution in [-0.2, 0) is 33.3 Å². The quantitative estimate of drug-likeness (QED) is 0.126. The van der Waals surface area contributed by atoms with Gasteiger partial charge in [-0.1, -0.05) is 46.3 Å². The highest BCUT2D eigenvalue weighted by Crippen LogP contribution is 2.76. The molecule has 6 aliphatic rings. The molecule has 4 saturated carbocycles. The Balaban J connectivity index is 1.44. The number of allylic oxidation sites excluding steroid dienone is 2. The van der Waals surface area contributed by atoms with E-state index < -0.39 is 101 Å². The maximum Gasteiger partial charge on any atom is 0.317 e. The molecular weight excluding hydrogens is 676 g/mol. The number of esters is 2. The largest absolute Gasteiger partial charge is 0.468 e. The van der Waals surface area contributed by atoms with Gasteiger partial charge >= 0.3 is 11.9 Å². The van der Waals surface area contributed by atoms with Gasteiger partial charge in [0, 0.05) is 7.11 Å². The lowest BCUT2D eigenvalue weighted by atomic mass is 9.33. The zero-order valence-electron chi connectivity index (χ0n) is 32.0. The first-order valence-electron chi connectivity index (χ1n) is 19.0. The molecule has 1 heterocycles. The van der Waals surface area contributed by atoms with Gasteiger partial charge in [-0.3, -0.25) is 9.59 Å². The normalized spacial score (nSPS) is 51.1. The van der Waals surface area contributed by atoms with Crippen molar-refractivity contribution >= 4 is 11.9 Å². The van der Waals surface area contributed by atoms with Gasteiger partial charge in [-0.05, 0) is 90.8 Å². The molecule has 296 valence electrons. The second kappa shape index (κ2) is 13.5. The van der Waals surface area contributed by atoms with Crippen LogP contribution >= 0.6 is 0 Å². The van der Waals surface area contributed by atoms with E-state index in [1.807, 2.05) is 0 Å². The Morgan fingerprint density at radius 1 is 0.846 bits per heavy atom. The molecule has 1 aliphatic heterocycles. The molecule has 1 saturated heterocycles. The van der Waals surface area contributed by atoms with Crippen molar-refractivity contribution in [3.63, 3.8) is 0 Å². The summed E-state index contributed by atoms with van der Waals surface area (Å²) in [4.78, 5) is 27.9. The molecule has 6 rings (SSSR count). The third-order valence-electron chi connectivity index (χ3n) is 15.9. The number of ether oxygens (including phenoxy) is 5. The topological polar surface area (TPSA) is 202 Å². The van der Waals surface area contributed by atoms with E-state index in [1.165, 1.54) is 26.9 Å². The summed E-state index contributed by atoms with van der Waals surface area (Å²) in [7, 11) is 4.15. The number of carbonyl (C=O) groups excluding carboxylic acids is 2. The summed E-state index contributed by atoms with van der Waals surface area (Å²) in [5.74, 6) is -1.79. The van der Waals surface area contributed by atoms with Gasteiger partial charge in [-0.15, -0.1) is 0 Å². The minimum atomic E-state index is -1.73. The smallest absolute Gasteiger partial charge is 0.317 e. The molecular formula is C39H62O13. The average Bonchev–Trinajstić information content (AvgIpc) is 3.11. The molecule has 16 atom stereocenters. The number of aliphatic hydroxyl groups excluding tert-OH is 6. The third kappa shape index (κ3) is 5.27. The molecule has 0 amide bonds. The molecule has 0 bridgehead atoms. The van der Waals surface area contributed by atoms with Gasteiger partial charge in [0.05, 0.1) is 39.6 Å². The van der Waals surface area contributed by atoms with Crippen LogP contribution in [0.15, 0.2) is 11.6 Å². The zero-order valence-corrected chi connectivity index (χ0v) is 32.0. The number of hydrogen-bond donors (Lipinski definition) is 6. The van der Waals surface area contributed by atoms with Gasteiger partial charge in [0.25, 0.3) is 0 Å². The van der Waals surface area contributed by atoms with Gasteiger partial charge in [0.2, 0.25) is 0 Å². The van der Waals surface area contributed by atoms with E-state index in [2.05, 4.69) is 40.7 Å². The number of rotatable bonds is 7. The summed E-state index contributed by atoms with van der Waals surface area (Å²) in [6.45, 7) is 9.80. The third-order valence-corrected chi connectivity index (χ3v) is 15.9. The van der Waals surface area contributed by atoms with Gasteiger partial charge < -0.3 is 54.3 Å². The standard InChI is InChI=1S/C39H62O13/c1-34(2)13-14-38(32(46)49-7)21(15-34)20-9-10-24-35(3)16-22(48-6)30(52-31-29(45)28(44)27(43)23(18-40)51-31)39(19-41,33(47)50-8)25(35)11-12-36(24,4)37(20,5)17-26(38)42/h9,21-31,40-45H,10-19H2,1-8H3/t21-,22-,23+,24+,25+,26+,27+,28-,29+,30-,31-,35+,36+,37+,38+,39+/m0/s1. The second-order valence-corrected chi connectivity index (χ2v) is 18.4. The first-order chi connectivity index (χ1) is 24.3. The SMILES string of the molecule is COC(=O)[C@]12CCC(C)(C)C[C@H]1C1=CC[C@@H]3[C@@]4(C)C[C@H](OC)[C@H](O[C@@H]5O[C@H](CO)[C@@H](O)[C@H](O)[C@H]5O)[C@](CO)(C(=O)OC)[C@@H]4CC[C@@]3(C)[C@]1(C)C[C@H]2O. The van der Waals surface area contributed by atoms with E-state index in [0.29, 0.717) is 38.5 Å². The lowest BCUT2D eigenvalue weighted by Gasteiger charge is -2.72. The highest BCUT2D eigenvalue weighted by atomic mass is 16.7. The molecule has 13 nitrogen and oxygen atoms in total. The van der Waals surface area contributed by atoms with Crippen LogP contribution in [0.1, 0.15) is 86.0 Å². The van der Waals surface area contributed by atoms with Gasteiger partial charge in [0.15, 0.2) is 6.29 Å². The van der Waals surface area contributed by atoms with Crippen LogP contribution < -0.4 is 0 Å². The van der Waals surface area contributed by atoms with E-state index in [4.69, 9.17) is 23.7 Å². The lowest BCUT2D eigenvalue weighted by Crippen LogP contribution is -2.72. The van der Waals surface area contributed by atoms with Crippen molar-refractivity contribution in [2.24, 2.45) is 50.2 Å². The Labute approximate surface area is 307 Å². The molecule has 0 aromatic heterocycles. The Bertz CT molecular complexity index is 1420. The summed E-state index contributed by atoms with van der Waals surface area (Å²) in [5, 5.41) is 65.4. The van der Waals surface area contributed by atoms with Gasteiger partial charge in [-0.2, -0.15) is 0 Å². The van der Waals surface area contributed by atoms with Crippen molar-refractivity contribution in [1.82, 2.24) is 0 Å². The van der Waals surface area contributed by atoms with E-state index in [9.17, 15) is 40.2 Å². The minimum absolute atomic E-state index is 0.0331. The average molecular weight is 739 g/mol. The fourth-order valence-corrected chi connectivity index (χ4v) is 12.9. The summed E-state index contributed by atoms with van der Waals surface area (Å²) in [6, 6.07) is 0. The van der Waals surface area contributed by atoms with Crippen molar-refractivity contribution in [2.75, 3.05) is 34.5 Å². The van der Waals surface area contributed by atoms with Crippen LogP contribution in [0.25, 0.3) is 0 Å². The first kappa shape index (κ1) is 40.0. The van der Waals surface area contributed by atoms with E-state index in [1.54, 1.807) is 0 Å². The number of methoxy groups -OCH3 is 3. The minimum Gasteiger partial charge on any atom is -0.468 e. The Morgan fingerprint density at radius 3 is 2.12 bits per heavy atom. The predicted octanol–water partition coefficient (Wildman–Crippen LogP) is 1.87. The monoisotopic (exact) mass is 738 g/mol.